The van der Waals surface area contributed by atoms with E-state index in [1.165, 1.54) is 43.9 Å². The van der Waals surface area contributed by atoms with Gasteiger partial charge in [0.05, 0.1) is 0 Å². The lowest BCUT2D eigenvalue weighted by Gasteiger charge is -2.17. The van der Waals surface area contributed by atoms with E-state index >= 15 is 0 Å². The van der Waals surface area contributed by atoms with Crippen LogP contribution in [0, 0.1) is 11.8 Å². The SMILES string of the molecule is CCCCC[C@H](CC(=O)SCC)CC(C)C. The Balaban J connectivity index is 3.93. The van der Waals surface area contributed by atoms with E-state index < -0.39 is 0 Å². The van der Waals surface area contributed by atoms with Gasteiger partial charge in [-0.1, -0.05) is 58.7 Å². The van der Waals surface area contributed by atoms with Crippen molar-refractivity contribution in [2.24, 2.45) is 11.8 Å². The van der Waals surface area contributed by atoms with Crippen molar-refractivity contribution in [1.29, 1.82) is 0 Å². The number of carbonyl (C=O) groups excluding carboxylic acids is 1. The van der Waals surface area contributed by atoms with Crippen molar-refractivity contribution in [3.05, 3.63) is 0 Å². The van der Waals surface area contributed by atoms with E-state index in [0.717, 1.165) is 12.2 Å². The molecule has 1 nitrogen and oxygen atoms in total. The van der Waals surface area contributed by atoms with Crippen LogP contribution in [-0.2, 0) is 4.79 Å². The molecule has 0 aliphatic heterocycles. The minimum absolute atomic E-state index is 0.393. The average molecular weight is 244 g/mol. The third-order valence-electron chi connectivity index (χ3n) is 2.78. The summed E-state index contributed by atoms with van der Waals surface area (Å²) in [7, 11) is 0. The van der Waals surface area contributed by atoms with Crippen LogP contribution in [0.15, 0.2) is 0 Å². The second-order valence-corrected chi connectivity index (χ2v) is 6.32. The van der Waals surface area contributed by atoms with Gasteiger partial charge in [0.15, 0.2) is 5.12 Å². The fourth-order valence-electron chi connectivity index (χ4n) is 2.11. The second-order valence-electron chi connectivity index (χ2n) is 5.00. The second kappa shape index (κ2) is 10.2. The van der Waals surface area contributed by atoms with Gasteiger partial charge in [-0.25, -0.2) is 0 Å². The third kappa shape index (κ3) is 9.26. The summed E-state index contributed by atoms with van der Waals surface area (Å²) in [6.45, 7) is 8.79. The fourth-order valence-corrected chi connectivity index (χ4v) is 2.78. The maximum Gasteiger partial charge on any atom is 0.189 e. The molecule has 0 saturated heterocycles. The molecule has 16 heavy (non-hydrogen) atoms. The lowest BCUT2D eigenvalue weighted by molar-refractivity contribution is -0.111. The van der Waals surface area contributed by atoms with Crippen LogP contribution in [0.25, 0.3) is 0 Å². The standard InChI is InChI=1S/C14H28OS/c1-5-7-8-9-13(10-12(3)4)11-14(15)16-6-2/h12-13H,5-11H2,1-4H3/t13-/m0/s1. The maximum atomic E-state index is 11.6. The maximum absolute atomic E-state index is 11.6. The van der Waals surface area contributed by atoms with E-state index in [-0.39, 0.29) is 0 Å². The first-order valence-electron chi connectivity index (χ1n) is 6.75. The van der Waals surface area contributed by atoms with Crippen LogP contribution < -0.4 is 0 Å². The molecular formula is C14H28OS. The third-order valence-corrected chi connectivity index (χ3v) is 3.56. The molecule has 0 unspecified atom stereocenters. The highest BCUT2D eigenvalue weighted by Gasteiger charge is 2.15. The molecule has 96 valence electrons. The van der Waals surface area contributed by atoms with E-state index in [0.29, 0.717) is 17.0 Å². The normalized spacial score (nSPS) is 13.1. The molecule has 0 saturated carbocycles. The molecule has 0 fully saturated rings. The minimum Gasteiger partial charge on any atom is -0.287 e. The van der Waals surface area contributed by atoms with Crippen LogP contribution in [0.3, 0.4) is 0 Å². The molecule has 0 amide bonds. The largest absolute Gasteiger partial charge is 0.287 e. The summed E-state index contributed by atoms with van der Waals surface area (Å²) in [5.74, 6) is 2.26. The Hall–Kier alpha value is 0.0200. The average Bonchev–Trinajstić information content (AvgIpc) is 2.17. The van der Waals surface area contributed by atoms with E-state index in [9.17, 15) is 4.79 Å². The van der Waals surface area contributed by atoms with Crippen molar-refractivity contribution in [3.8, 4) is 0 Å². The van der Waals surface area contributed by atoms with Crippen molar-refractivity contribution in [2.45, 2.75) is 66.2 Å². The molecule has 0 aromatic carbocycles. The van der Waals surface area contributed by atoms with Crippen molar-refractivity contribution < 1.29 is 4.79 Å². The number of hydrogen-bond donors (Lipinski definition) is 0. The Morgan fingerprint density at radius 3 is 2.38 bits per heavy atom. The highest BCUT2D eigenvalue weighted by molar-refractivity contribution is 8.13. The molecule has 0 spiro atoms. The van der Waals surface area contributed by atoms with Gasteiger partial charge in [0.2, 0.25) is 0 Å². The molecule has 1 atom stereocenters. The summed E-state index contributed by atoms with van der Waals surface area (Å²) >= 11 is 1.49. The molecule has 0 heterocycles. The van der Waals surface area contributed by atoms with Gasteiger partial charge in [-0.2, -0.15) is 0 Å². The number of rotatable bonds is 9. The smallest absolute Gasteiger partial charge is 0.189 e. The molecular weight excluding hydrogens is 216 g/mol. The topological polar surface area (TPSA) is 17.1 Å². The Bertz CT molecular complexity index is 178. The van der Waals surface area contributed by atoms with Gasteiger partial charge < -0.3 is 0 Å². The van der Waals surface area contributed by atoms with Crippen molar-refractivity contribution in [2.75, 3.05) is 5.75 Å². The number of unbranched alkanes of at least 4 members (excludes halogenated alkanes) is 2. The number of thioether (sulfide) groups is 1. The van der Waals surface area contributed by atoms with E-state index in [1.54, 1.807) is 0 Å². The highest BCUT2D eigenvalue weighted by atomic mass is 32.2. The lowest BCUT2D eigenvalue weighted by Crippen LogP contribution is -2.09. The predicted octanol–water partition coefficient (Wildman–Crippen LogP) is 4.90. The van der Waals surface area contributed by atoms with Gasteiger partial charge >= 0.3 is 0 Å². The number of hydrogen-bond acceptors (Lipinski definition) is 2. The Labute approximate surface area is 106 Å². The monoisotopic (exact) mass is 244 g/mol. The Kier molecular flexibility index (Phi) is 10.2. The van der Waals surface area contributed by atoms with Crippen LogP contribution in [0.4, 0.5) is 0 Å². The van der Waals surface area contributed by atoms with Crippen LogP contribution in [0.2, 0.25) is 0 Å². The summed E-state index contributed by atoms with van der Waals surface area (Å²) in [6, 6.07) is 0. The summed E-state index contributed by atoms with van der Waals surface area (Å²) in [5.41, 5.74) is 0. The summed E-state index contributed by atoms with van der Waals surface area (Å²) in [4.78, 5) is 11.6. The molecule has 0 rings (SSSR count). The predicted molar refractivity (Wildman–Crippen MR) is 74.8 cm³/mol. The zero-order chi connectivity index (χ0) is 12.4. The first-order valence-corrected chi connectivity index (χ1v) is 7.74. The molecule has 2 heteroatoms. The Morgan fingerprint density at radius 1 is 1.19 bits per heavy atom. The van der Waals surface area contributed by atoms with Crippen molar-refractivity contribution in [3.63, 3.8) is 0 Å². The van der Waals surface area contributed by atoms with Gasteiger partial charge in [-0.15, -0.1) is 0 Å². The first-order chi connectivity index (χ1) is 7.60. The van der Waals surface area contributed by atoms with E-state index in [2.05, 4.69) is 27.7 Å². The molecule has 0 bridgehead atoms. The fraction of sp³-hybridized carbons (Fsp3) is 0.929. The van der Waals surface area contributed by atoms with E-state index in [4.69, 9.17) is 0 Å². The summed E-state index contributed by atoms with van der Waals surface area (Å²) < 4.78 is 0. The van der Waals surface area contributed by atoms with E-state index in [1.807, 2.05) is 0 Å². The summed E-state index contributed by atoms with van der Waals surface area (Å²) in [6.07, 6.45) is 7.11. The quantitative estimate of drug-likeness (QED) is 0.537. The number of carbonyl (C=O) groups is 1. The van der Waals surface area contributed by atoms with Gasteiger partial charge in [-0.3, -0.25) is 4.79 Å². The molecule has 0 aliphatic rings. The van der Waals surface area contributed by atoms with Gasteiger partial charge in [0, 0.05) is 6.42 Å². The highest BCUT2D eigenvalue weighted by Crippen LogP contribution is 2.24. The van der Waals surface area contributed by atoms with Crippen molar-refractivity contribution in [1.82, 2.24) is 0 Å². The molecule has 0 aromatic heterocycles. The van der Waals surface area contributed by atoms with Gasteiger partial charge in [0.25, 0.3) is 0 Å². The zero-order valence-corrected chi connectivity index (χ0v) is 12.2. The zero-order valence-electron chi connectivity index (χ0n) is 11.4. The minimum atomic E-state index is 0.393. The van der Waals surface area contributed by atoms with Gasteiger partial charge in [-0.05, 0) is 30.4 Å². The molecule has 0 N–H and O–H groups in total. The van der Waals surface area contributed by atoms with Crippen LogP contribution >= 0.6 is 11.8 Å². The molecule has 0 radical (unpaired) electrons. The Morgan fingerprint density at radius 2 is 1.88 bits per heavy atom. The first kappa shape index (κ1) is 16.0. The van der Waals surface area contributed by atoms with Crippen molar-refractivity contribution >= 4 is 16.9 Å². The van der Waals surface area contributed by atoms with Crippen LogP contribution in [-0.4, -0.2) is 10.9 Å². The summed E-state index contributed by atoms with van der Waals surface area (Å²) in [5, 5.41) is 0.393. The molecule has 0 aliphatic carbocycles. The van der Waals surface area contributed by atoms with Crippen LogP contribution in [0.1, 0.15) is 66.2 Å². The van der Waals surface area contributed by atoms with Gasteiger partial charge in [0.1, 0.15) is 0 Å². The lowest BCUT2D eigenvalue weighted by atomic mass is 9.90. The molecule has 0 aromatic rings. The van der Waals surface area contributed by atoms with Crippen LogP contribution in [0.5, 0.6) is 0 Å².